The number of hydrogen-bond donors (Lipinski definition) is 2. The molecular weight excluding hydrogens is 340 g/mol. The van der Waals surface area contributed by atoms with Gasteiger partial charge in [0.2, 0.25) is 0 Å². The maximum atomic E-state index is 9.69. The highest BCUT2D eigenvalue weighted by Gasteiger charge is 2.12. The van der Waals surface area contributed by atoms with Crippen LogP contribution in [0.1, 0.15) is 17.5 Å². The zero-order valence-corrected chi connectivity index (χ0v) is 15.6. The summed E-state index contributed by atoms with van der Waals surface area (Å²) >= 11 is 1.96. The van der Waals surface area contributed by atoms with Gasteiger partial charge >= 0.3 is 0 Å². The molecule has 3 aromatic rings. The molecule has 26 heavy (non-hydrogen) atoms. The van der Waals surface area contributed by atoms with Gasteiger partial charge < -0.3 is 10.1 Å². The maximum absolute atomic E-state index is 9.69. The number of hydrogen-bond acceptors (Lipinski definition) is 3. The van der Waals surface area contributed by atoms with E-state index in [9.17, 15) is 5.11 Å². The van der Waals surface area contributed by atoms with E-state index in [0.29, 0.717) is 5.75 Å². The molecule has 0 radical (unpaired) electrons. The molecule has 0 bridgehead atoms. The Hall–Kier alpha value is -2.17. The molecule has 0 amide bonds. The Morgan fingerprint density at radius 3 is 2.81 bits per heavy atom. The van der Waals surface area contributed by atoms with Crippen molar-refractivity contribution < 1.29 is 5.11 Å². The van der Waals surface area contributed by atoms with E-state index >= 15 is 0 Å². The van der Waals surface area contributed by atoms with Crippen LogP contribution in [0.15, 0.2) is 60.8 Å². The third-order valence-electron chi connectivity index (χ3n) is 5.00. The van der Waals surface area contributed by atoms with Crippen LogP contribution in [0.25, 0.3) is 16.5 Å². The second-order valence-corrected chi connectivity index (χ2v) is 7.85. The van der Waals surface area contributed by atoms with Crippen LogP contribution in [0.5, 0.6) is 5.75 Å². The first-order valence-electron chi connectivity index (χ1n) is 9.13. The average molecular weight is 365 g/mol. The lowest BCUT2D eigenvalue weighted by atomic mass is 10.00. The molecule has 3 nitrogen and oxygen atoms in total. The first kappa shape index (κ1) is 17.3. The zero-order chi connectivity index (χ0) is 17.8. The molecule has 1 aliphatic heterocycles. The molecule has 4 heteroatoms. The van der Waals surface area contributed by atoms with Crippen LogP contribution in [0.3, 0.4) is 0 Å². The predicted octanol–water partition coefficient (Wildman–Crippen LogP) is 4.90. The van der Waals surface area contributed by atoms with Crippen molar-refractivity contribution in [1.82, 2.24) is 9.88 Å². The highest BCUT2D eigenvalue weighted by atomic mass is 32.2. The van der Waals surface area contributed by atoms with Gasteiger partial charge in [-0.2, -0.15) is 11.8 Å². The molecule has 0 atom stereocenters. The van der Waals surface area contributed by atoms with Crippen LogP contribution in [0, 0.1) is 0 Å². The average Bonchev–Trinajstić information content (AvgIpc) is 3.08. The number of benzene rings is 2. The van der Waals surface area contributed by atoms with Crippen LogP contribution >= 0.6 is 11.8 Å². The van der Waals surface area contributed by atoms with E-state index < -0.39 is 0 Å². The van der Waals surface area contributed by atoms with Crippen LogP contribution < -0.4 is 0 Å². The second-order valence-electron chi connectivity index (χ2n) is 6.74. The van der Waals surface area contributed by atoms with Gasteiger partial charge in [-0.15, -0.1) is 0 Å². The summed E-state index contributed by atoms with van der Waals surface area (Å²) < 4.78 is 0. The van der Waals surface area contributed by atoms with E-state index in [1.54, 1.807) is 6.07 Å². The van der Waals surface area contributed by atoms with E-state index in [1.807, 2.05) is 23.9 Å². The number of fused-ring (bicyclic) bond motifs is 1. The third-order valence-corrected chi connectivity index (χ3v) is 5.98. The van der Waals surface area contributed by atoms with Gasteiger partial charge in [0.15, 0.2) is 0 Å². The normalized spacial score (nSPS) is 15.3. The Morgan fingerprint density at radius 2 is 2.00 bits per heavy atom. The number of rotatable bonds is 6. The quantitative estimate of drug-likeness (QED) is 0.611. The maximum Gasteiger partial charge on any atom is 0.116 e. The summed E-state index contributed by atoms with van der Waals surface area (Å²) in [6.07, 6.45) is 5.58. The van der Waals surface area contributed by atoms with Crippen LogP contribution in [0.2, 0.25) is 0 Å². The van der Waals surface area contributed by atoms with Crippen molar-refractivity contribution in [2.45, 2.75) is 12.2 Å². The van der Waals surface area contributed by atoms with E-state index in [2.05, 4.69) is 52.5 Å². The van der Waals surface area contributed by atoms with Gasteiger partial charge in [-0.25, -0.2) is 0 Å². The molecule has 1 aromatic heterocycles. The molecule has 2 heterocycles. The molecule has 0 saturated carbocycles. The van der Waals surface area contributed by atoms with Crippen molar-refractivity contribution >= 4 is 28.2 Å². The molecule has 2 N–H and O–H groups in total. The minimum absolute atomic E-state index is 0.331. The number of phenols is 1. The van der Waals surface area contributed by atoms with E-state index in [-0.39, 0.29) is 0 Å². The fourth-order valence-electron chi connectivity index (χ4n) is 3.49. The van der Waals surface area contributed by atoms with Gasteiger partial charge in [0.05, 0.1) is 0 Å². The smallest absolute Gasteiger partial charge is 0.116 e. The number of H-pyrrole nitrogens is 1. The molecule has 134 valence electrons. The van der Waals surface area contributed by atoms with Crippen molar-refractivity contribution in [1.29, 1.82) is 0 Å². The van der Waals surface area contributed by atoms with Crippen LogP contribution in [-0.4, -0.2) is 40.4 Å². The zero-order valence-electron chi connectivity index (χ0n) is 14.8. The summed E-state index contributed by atoms with van der Waals surface area (Å²) in [5, 5.41) is 10.8. The number of aromatic hydroxyl groups is 1. The van der Waals surface area contributed by atoms with Crippen LogP contribution in [-0.2, 0) is 5.75 Å². The molecule has 1 aliphatic rings. The fourth-order valence-corrected chi connectivity index (χ4v) is 4.48. The summed E-state index contributed by atoms with van der Waals surface area (Å²) in [7, 11) is 0. The van der Waals surface area contributed by atoms with E-state index in [4.69, 9.17) is 0 Å². The molecule has 0 unspecified atom stereocenters. The summed E-state index contributed by atoms with van der Waals surface area (Å²) in [6.45, 7) is 3.31. The topological polar surface area (TPSA) is 39.3 Å². The number of aromatic nitrogens is 1. The van der Waals surface area contributed by atoms with Crippen molar-refractivity contribution in [3.8, 4) is 5.75 Å². The monoisotopic (exact) mass is 364 g/mol. The molecule has 0 saturated heterocycles. The first-order chi connectivity index (χ1) is 12.8. The van der Waals surface area contributed by atoms with Crippen molar-refractivity contribution in [2.75, 3.05) is 25.4 Å². The van der Waals surface area contributed by atoms with Crippen molar-refractivity contribution in [2.24, 2.45) is 0 Å². The van der Waals surface area contributed by atoms with E-state index in [1.165, 1.54) is 16.7 Å². The summed E-state index contributed by atoms with van der Waals surface area (Å²) in [5.74, 6) is 2.43. The molecule has 4 rings (SSSR count). The van der Waals surface area contributed by atoms with Crippen molar-refractivity contribution in [3.63, 3.8) is 0 Å². The minimum atomic E-state index is 0.331. The number of thioether (sulfide) groups is 1. The van der Waals surface area contributed by atoms with Gasteiger partial charge in [0.1, 0.15) is 5.75 Å². The summed E-state index contributed by atoms with van der Waals surface area (Å²) in [5.41, 5.74) is 5.20. The van der Waals surface area contributed by atoms with Gasteiger partial charge in [0.25, 0.3) is 0 Å². The Labute approximate surface area is 158 Å². The Kier molecular flexibility index (Phi) is 5.32. The molecule has 2 aromatic carbocycles. The minimum Gasteiger partial charge on any atom is -0.508 e. The number of phenolic OH excluding ortho intramolecular Hbond substituents is 1. The van der Waals surface area contributed by atoms with Gasteiger partial charge in [-0.3, -0.25) is 4.90 Å². The Balaban J connectivity index is 1.25. The first-order valence-corrected chi connectivity index (χ1v) is 10.3. The van der Waals surface area contributed by atoms with Gasteiger partial charge in [-0.05, 0) is 41.3 Å². The van der Waals surface area contributed by atoms with Crippen molar-refractivity contribution in [3.05, 3.63) is 71.9 Å². The predicted molar refractivity (Wildman–Crippen MR) is 112 cm³/mol. The molecule has 0 spiro atoms. The lowest BCUT2D eigenvalue weighted by Crippen LogP contribution is -2.30. The van der Waals surface area contributed by atoms with Crippen LogP contribution in [0.4, 0.5) is 0 Å². The summed E-state index contributed by atoms with van der Waals surface area (Å²) in [4.78, 5) is 5.81. The standard InChI is InChI=1S/C22H24N2OS/c25-20-6-7-22-21(14-20)19(15-23-22)16-26-13-12-24-10-8-18(9-11-24)17-4-2-1-3-5-17/h1-8,14-15,23,25H,9-13,16H2. The molecule has 0 fully saturated rings. The second kappa shape index (κ2) is 8.02. The van der Waals surface area contributed by atoms with E-state index in [0.717, 1.165) is 48.5 Å². The molecular formula is C22H24N2OS. The number of aromatic amines is 1. The van der Waals surface area contributed by atoms with Gasteiger partial charge in [-0.1, -0.05) is 36.4 Å². The molecule has 0 aliphatic carbocycles. The third kappa shape index (κ3) is 3.97. The Morgan fingerprint density at radius 1 is 1.12 bits per heavy atom. The van der Waals surface area contributed by atoms with Gasteiger partial charge in [0, 0.05) is 48.2 Å². The Bertz CT molecular complexity index is 901. The summed E-state index contributed by atoms with van der Waals surface area (Å²) in [6, 6.07) is 16.2. The number of nitrogens with zero attached hydrogens (tertiary/aromatic N) is 1. The highest BCUT2D eigenvalue weighted by molar-refractivity contribution is 7.98. The lowest BCUT2D eigenvalue weighted by Gasteiger charge is -2.26. The lowest BCUT2D eigenvalue weighted by molar-refractivity contribution is 0.321. The fraction of sp³-hybridized carbons (Fsp3) is 0.273. The largest absolute Gasteiger partial charge is 0.508 e. The number of nitrogens with one attached hydrogen (secondary N) is 1. The highest BCUT2D eigenvalue weighted by Crippen LogP contribution is 2.26. The SMILES string of the molecule is Oc1ccc2[nH]cc(CSCCN3CC=C(c4ccccc4)CC3)c2c1.